The number of amides is 1. The van der Waals surface area contributed by atoms with Crippen molar-refractivity contribution in [2.75, 3.05) is 11.4 Å². The van der Waals surface area contributed by atoms with Gasteiger partial charge >= 0.3 is 0 Å². The SMILES string of the molecule is C=CC1CC(=O)N(c2ccnn2Cc2ccco2)C1. The number of carbonyl (C=O) groups excluding carboxylic acids is 1. The topological polar surface area (TPSA) is 51.3 Å². The van der Waals surface area contributed by atoms with Crippen molar-refractivity contribution in [3.05, 3.63) is 49.1 Å². The average Bonchev–Trinajstić information content (AvgIpc) is 3.10. The second kappa shape index (κ2) is 4.76. The predicted octanol–water partition coefficient (Wildman–Crippen LogP) is 2.06. The van der Waals surface area contributed by atoms with E-state index >= 15 is 0 Å². The van der Waals surface area contributed by atoms with Gasteiger partial charge in [0.15, 0.2) is 0 Å². The van der Waals surface area contributed by atoms with Crippen molar-refractivity contribution >= 4 is 11.7 Å². The minimum Gasteiger partial charge on any atom is -0.467 e. The van der Waals surface area contributed by atoms with Crippen LogP contribution in [-0.2, 0) is 11.3 Å². The van der Waals surface area contributed by atoms with Crippen LogP contribution in [0, 0.1) is 5.92 Å². The van der Waals surface area contributed by atoms with E-state index in [0.717, 1.165) is 11.6 Å². The molecule has 1 aliphatic heterocycles. The fraction of sp³-hybridized carbons (Fsp3) is 0.286. The highest BCUT2D eigenvalue weighted by Crippen LogP contribution is 2.25. The van der Waals surface area contributed by atoms with Crippen molar-refractivity contribution in [1.82, 2.24) is 9.78 Å². The van der Waals surface area contributed by atoms with Gasteiger partial charge in [-0.05, 0) is 12.1 Å². The van der Waals surface area contributed by atoms with E-state index < -0.39 is 0 Å². The van der Waals surface area contributed by atoms with Gasteiger partial charge in [0.05, 0.1) is 12.5 Å². The lowest BCUT2D eigenvalue weighted by Gasteiger charge is -2.17. The van der Waals surface area contributed by atoms with E-state index in [0.29, 0.717) is 19.5 Å². The molecule has 0 N–H and O–H groups in total. The summed E-state index contributed by atoms with van der Waals surface area (Å²) in [4.78, 5) is 13.8. The van der Waals surface area contributed by atoms with Crippen LogP contribution in [0.5, 0.6) is 0 Å². The predicted molar refractivity (Wildman–Crippen MR) is 70.7 cm³/mol. The van der Waals surface area contributed by atoms with Crippen molar-refractivity contribution in [3.63, 3.8) is 0 Å². The monoisotopic (exact) mass is 257 g/mol. The van der Waals surface area contributed by atoms with Crippen molar-refractivity contribution in [3.8, 4) is 0 Å². The molecular formula is C14H15N3O2. The Morgan fingerprint density at radius 2 is 2.42 bits per heavy atom. The molecule has 2 aromatic rings. The van der Waals surface area contributed by atoms with Crippen LogP contribution in [0.15, 0.2) is 47.7 Å². The highest BCUT2D eigenvalue weighted by atomic mass is 16.3. The van der Waals surface area contributed by atoms with Gasteiger partial charge < -0.3 is 4.42 Å². The van der Waals surface area contributed by atoms with Gasteiger partial charge in [-0.25, -0.2) is 4.68 Å². The summed E-state index contributed by atoms with van der Waals surface area (Å²) in [5.41, 5.74) is 0. The van der Waals surface area contributed by atoms with Crippen LogP contribution in [0.4, 0.5) is 5.82 Å². The zero-order chi connectivity index (χ0) is 13.2. The molecule has 5 heteroatoms. The molecule has 1 saturated heterocycles. The molecule has 2 aromatic heterocycles. The van der Waals surface area contributed by atoms with Crippen LogP contribution >= 0.6 is 0 Å². The minimum absolute atomic E-state index is 0.117. The summed E-state index contributed by atoms with van der Waals surface area (Å²) in [7, 11) is 0. The maximum absolute atomic E-state index is 12.0. The molecule has 3 heterocycles. The van der Waals surface area contributed by atoms with Crippen LogP contribution in [0.3, 0.4) is 0 Å². The molecule has 0 aromatic carbocycles. The van der Waals surface area contributed by atoms with E-state index in [-0.39, 0.29) is 11.8 Å². The summed E-state index contributed by atoms with van der Waals surface area (Å²) in [5, 5.41) is 4.26. The average molecular weight is 257 g/mol. The largest absolute Gasteiger partial charge is 0.467 e. The van der Waals surface area contributed by atoms with Crippen molar-refractivity contribution in [2.45, 2.75) is 13.0 Å². The second-order valence-electron chi connectivity index (χ2n) is 4.63. The van der Waals surface area contributed by atoms with E-state index in [9.17, 15) is 4.79 Å². The summed E-state index contributed by atoms with van der Waals surface area (Å²) in [5.74, 6) is 1.97. The number of nitrogens with zero attached hydrogens (tertiary/aromatic N) is 3. The molecule has 1 atom stereocenters. The van der Waals surface area contributed by atoms with Crippen LogP contribution in [-0.4, -0.2) is 22.2 Å². The first-order valence-corrected chi connectivity index (χ1v) is 6.25. The Morgan fingerprint density at radius 3 is 3.11 bits per heavy atom. The molecule has 1 unspecified atom stereocenters. The quantitative estimate of drug-likeness (QED) is 0.788. The van der Waals surface area contributed by atoms with Gasteiger partial charge in [0.2, 0.25) is 5.91 Å². The van der Waals surface area contributed by atoms with Crippen molar-refractivity contribution in [1.29, 1.82) is 0 Å². The van der Waals surface area contributed by atoms with Gasteiger partial charge in [0.25, 0.3) is 0 Å². The Kier molecular flexibility index (Phi) is 2.95. The molecule has 1 fully saturated rings. The lowest BCUT2D eigenvalue weighted by Crippen LogP contribution is -2.27. The fourth-order valence-electron chi connectivity index (χ4n) is 2.34. The standard InChI is InChI=1S/C14H15N3O2/c1-2-11-8-14(18)16(9-11)13-5-6-15-17(13)10-12-4-3-7-19-12/h2-7,11H,1,8-10H2. The number of furan rings is 1. The first kappa shape index (κ1) is 11.8. The second-order valence-corrected chi connectivity index (χ2v) is 4.63. The van der Waals surface area contributed by atoms with Crippen LogP contribution < -0.4 is 4.90 Å². The number of carbonyl (C=O) groups is 1. The van der Waals surface area contributed by atoms with E-state index in [2.05, 4.69) is 11.7 Å². The fourth-order valence-corrected chi connectivity index (χ4v) is 2.34. The lowest BCUT2D eigenvalue weighted by molar-refractivity contribution is -0.117. The van der Waals surface area contributed by atoms with Gasteiger partial charge in [-0.15, -0.1) is 6.58 Å². The third-order valence-electron chi connectivity index (χ3n) is 3.34. The van der Waals surface area contributed by atoms with Crippen LogP contribution in [0.1, 0.15) is 12.2 Å². The molecular weight excluding hydrogens is 242 g/mol. The Balaban J connectivity index is 1.84. The maximum Gasteiger partial charge on any atom is 0.228 e. The van der Waals surface area contributed by atoms with Crippen LogP contribution in [0.25, 0.3) is 0 Å². The molecule has 1 amide bonds. The third kappa shape index (κ3) is 2.19. The molecule has 0 aliphatic carbocycles. The van der Waals surface area contributed by atoms with Crippen LogP contribution in [0.2, 0.25) is 0 Å². The Hall–Kier alpha value is -2.30. The summed E-state index contributed by atoms with van der Waals surface area (Å²) in [6, 6.07) is 5.59. The summed E-state index contributed by atoms with van der Waals surface area (Å²) in [6.07, 6.45) is 5.70. The minimum atomic E-state index is 0.117. The molecule has 98 valence electrons. The Bertz CT molecular complexity index is 586. The number of hydrogen-bond donors (Lipinski definition) is 0. The van der Waals surface area contributed by atoms with E-state index in [4.69, 9.17) is 4.42 Å². The number of aromatic nitrogens is 2. The Labute approximate surface area is 111 Å². The highest BCUT2D eigenvalue weighted by Gasteiger charge is 2.30. The first-order valence-electron chi connectivity index (χ1n) is 6.25. The molecule has 0 saturated carbocycles. The molecule has 3 rings (SSSR count). The molecule has 0 radical (unpaired) electrons. The normalized spacial score (nSPS) is 19.1. The van der Waals surface area contributed by atoms with Gasteiger partial charge in [0, 0.05) is 24.9 Å². The lowest BCUT2D eigenvalue weighted by atomic mass is 10.1. The van der Waals surface area contributed by atoms with Gasteiger partial charge in [-0.3, -0.25) is 9.69 Å². The smallest absolute Gasteiger partial charge is 0.228 e. The highest BCUT2D eigenvalue weighted by molar-refractivity contribution is 5.95. The molecule has 5 nitrogen and oxygen atoms in total. The summed E-state index contributed by atoms with van der Waals surface area (Å²) < 4.78 is 7.09. The molecule has 19 heavy (non-hydrogen) atoms. The zero-order valence-electron chi connectivity index (χ0n) is 10.5. The number of hydrogen-bond acceptors (Lipinski definition) is 3. The molecule has 0 spiro atoms. The maximum atomic E-state index is 12.0. The van der Waals surface area contributed by atoms with Gasteiger partial charge in [-0.1, -0.05) is 6.08 Å². The zero-order valence-corrected chi connectivity index (χ0v) is 10.5. The summed E-state index contributed by atoms with van der Waals surface area (Å²) >= 11 is 0. The number of anilines is 1. The van der Waals surface area contributed by atoms with E-state index in [1.54, 1.807) is 22.0 Å². The van der Waals surface area contributed by atoms with Gasteiger partial charge in [0.1, 0.15) is 18.1 Å². The van der Waals surface area contributed by atoms with E-state index in [1.165, 1.54) is 0 Å². The number of rotatable bonds is 4. The molecule has 0 bridgehead atoms. The third-order valence-corrected chi connectivity index (χ3v) is 3.34. The summed E-state index contributed by atoms with van der Waals surface area (Å²) in [6.45, 7) is 4.96. The Morgan fingerprint density at radius 1 is 1.53 bits per heavy atom. The van der Waals surface area contributed by atoms with Gasteiger partial charge in [-0.2, -0.15) is 5.10 Å². The van der Waals surface area contributed by atoms with Crippen molar-refractivity contribution in [2.24, 2.45) is 5.92 Å². The van der Waals surface area contributed by atoms with Crippen molar-refractivity contribution < 1.29 is 9.21 Å². The first-order chi connectivity index (χ1) is 9.28. The molecule has 1 aliphatic rings. The van der Waals surface area contributed by atoms with E-state index in [1.807, 2.05) is 24.3 Å².